The van der Waals surface area contributed by atoms with E-state index >= 15 is 0 Å². The molecule has 0 saturated heterocycles. The molecule has 0 aliphatic rings. The van der Waals surface area contributed by atoms with E-state index in [1.807, 2.05) is 0 Å². The van der Waals surface area contributed by atoms with Gasteiger partial charge in [0.05, 0.1) is 0 Å². The molecule has 0 N–H and O–H groups in total. The molecule has 0 aromatic carbocycles. The molecule has 0 aromatic heterocycles. The van der Waals surface area contributed by atoms with E-state index in [2.05, 4.69) is 25.8 Å². The van der Waals surface area contributed by atoms with Gasteiger partial charge in [-0.3, -0.25) is 0 Å². The SMILES string of the molecule is CO[SiH](OC)C(C)CCN(C)CCC(C)[SiH](OC)OC. The molecule has 0 saturated carbocycles. The van der Waals surface area contributed by atoms with Crippen LogP contribution in [0.2, 0.25) is 11.1 Å². The van der Waals surface area contributed by atoms with Crippen LogP contribution in [-0.2, 0) is 17.7 Å². The van der Waals surface area contributed by atoms with Crippen LogP contribution in [-0.4, -0.2) is 72.0 Å². The lowest BCUT2D eigenvalue weighted by Gasteiger charge is -2.24. The Labute approximate surface area is 128 Å². The lowest BCUT2D eigenvalue weighted by atomic mass is 10.3. The average molecular weight is 324 g/mol. The van der Waals surface area contributed by atoms with E-state index in [4.69, 9.17) is 17.7 Å². The van der Waals surface area contributed by atoms with Crippen molar-refractivity contribution in [1.82, 2.24) is 4.90 Å². The Bertz CT molecular complexity index is 206. The molecular weight excluding hydrogens is 290 g/mol. The summed E-state index contributed by atoms with van der Waals surface area (Å²) in [6.45, 7) is 6.60. The lowest BCUT2D eigenvalue weighted by Crippen LogP contribution is -2.31. The number of hydrogen-bond acceptors (Lipinski definition) is 5. The van der Waals surface area contributed by atoms with Crippen LogP contribution in [0.1, 0.15) is 26.7 Å². The highest BCUT2D eigenvalue weighted by Gasteiger charge is 2.21. The van der Waals surface area contributed by atoms with Gasteiger partial charge >= 0.3 is 18.6 Å². The molecule has 0 heterocycles. The summed E-state index contributed by atoms with van der Waals surface area (Å²) in [4.78, 5) is 2.38. The van der Waals surface area contributed by atoms with Gasteiger partial charge in [0, 0.05) is 28.4 Å². The summed E-state index contributed by atoms with van der Waals surface area (Å²) in [6, 6.07) is 0. The van der Waals surface area contributed by atoms with Crippen molar-refractivity contribution in [3.8, 4) is 0 Å². The van der Waals surface area contributed by atoms with Crippen LogP contribution < -0.4 is 0 Å². The van der Waals surface area contributed by atoms with Gasteiger partial charge in [0.2, 0.25) is 0 Å². The van der Waals surface area contributed by atoms with Crippen molar-refractivity contribution >= 4 is 18.6 Å². The zero-order valence-electron chi connectivity index (χ0n) is 14.2. The van der Waals surface area contributed by atoms with E-state index in [9.17, 15) is 0 Å². The number of nitrogens with zero attached hydrogens (tertiary/aromatic N) is 1. The Morgan fingerprint density at radius 1 is 0.750 bits per heavy atom. The number of rotatable bonds is 12. The molecule has 7 heteroatoms. The highest BCUT2D eigenvalue weighted by atomic mass is 28.3. The quantitative estimate of drug-likeness (QED) is 0.509. The van der Waals surface area contributed by atoms with E-state index in [0.717, 1.165) is 25.9 Å². The van der Waals surface area contributed by atoms with Gasteiger partial charge in [-0.15, -0.1) is 0 Å². The van der Waals surface area contributed by atoms with Crippen molar-refractivity contribution in [3.63, 3.8) is 0 Å². The van der Waals surface area contributed by atoms with Crippen LogP contribution in [0.4, 0.5) is 0 Å². The third-order valence-corrected chi connectivity index (χ3v) is 8.17. The zero-order valence-corrected chi connectivity index (χ0v) is 16.5. The molecule has 0 radical (unpaired) electrons. The first-order valence-electron chi connectivity index (χ1n) is 7.29. The lowest BCUT2D eigenvalue weighted by molar-refractivity contribution is 0.248. The summed E-state index contributed by atoms with van der Waals surface area (Å²) in [5.74, 6) is 0. The van der Waals surface area contributed by atoms with Gasteiger partial charge in [-0.1, -0.05) is 13.8 Å². The molecule has 0 fully saturated rings. The molecule has 20 heavy (non-hydrogen) atoms. The van der Waals surface area contributed by atoms with Gasteiger partial charge in [0.1, 0.15) is 0 Å². The van der Waals surface area contributed by atoms with Crippen LogP contribution in [0.5, 0.6) is 0 Å². The molecule has 0 bridgehead atoms. The van der Waals surface area contributed by atoms with Gasteiger partial charge < -0.3 is 22.6 Å². The fraction of sp³-hybridized carbons (Fsp3) is 1.00. The molecule has 2 atom stereocenters. The maximum atomic E-state index is 5.42. The Morgan fingerprint density at radius 3 is 1.30 bits per heavy atom. The van der Waals surface area contributed by atoms with Gasteiger partial charge in [-0.25, -0.2) is 0 Å². The van der Waals surface area contributed by atoms with Crippen LogP contribution >= 0.6 is 0 Å². The molecule has 0 rings (SSSR count). The van der Waals surface area contributed by atoms with Gasteiger partial charge in [-0.2, -0.15) is 0 Å². The summed E-state index contributed by atoms with van der Waals surface area (Å²) >= 11 is 0. The highest BCUT2D eigenvalue weighted by molar-refractivity contribution is 6.46. The van der Waals surface area contributed by atoms with E-state index in [0.29, 0.717) is 11.1 Å². The Balaban J connectivity index is 3.91. The first-order valence-corrected chi connectivity index (χ1v) is 10.5. The smallest absolute Gasteiger partial charge is 0.323 e. The highest BCUT2D eigenvalue weighted by Crippen LogP contribution is 2.18. The third kappa shape index (κ3) is 7.87. The Kier molecular flexibility index (Phi) is 12.0. The van der Waals surface area contributed by atoms with Crippen molar-refractivity contribution in [2.24, 2.45) is 0 Å². The molecule has 0 aliphatic carbocycles. The largest absolute Gasteiger partial charge is 0.400 e. The molecule has 0 spiro atoms. The maximum absolute atomic E-state index is 5.42. The minimum Gasteiger partial charge on any atom is -0.400 e. The van der Waals surface area contributed by atoms with Crippen molar-refractivity contribution in [3.05, 3.63) is 0 Å². The summed E-state index contributed by atoms with van der Waals surface area (Å²) in [6.07, 6.45) is 2.25. The van der Waals surface area contributed by atoms with Crippen molar-refractivity contribution in [1.29, 1.82) is 0 Å². The van der Waals surface area contributed by atoms with Gasteiger partial charge in [0.15, 0.2) is 0 Å². The minimum absolute atomic E-state index is 0.532. The summed E-state index contributed by atoms with van der Waals surface area (Å²) in [5, 5.41) is 0. The number of hydrogen-bond donors (Lipinski definition) is 0. The molecule has 0 amide bonds. The van der Waals surface area contributed by atoms with Crippen molar-refractivity contribution in [2.75, 3.05) is 48.6 Å². The third-order valence-electron chi connectivity index (χ3n) is 3.79. The monoisotopic (exact) mass is 323 g/mol. The van der Waals surface area contributed by atoms with Crippen LogP contribution in [0.3, 0.4) is 0 Å². The van der Waals surface area contributed by atoms with E-state index in [1.165, 1.54) is 0 Å². The molecule has 5 nitrogen and oxygen atoms in total. The molecule has 0 aromatic rings. The zero-order chi connectivity index (χ0) is 15.5. The van der Waals surface area contributed by atoms with E-state index in [1.54, 1.807) is 28.4 Å². The van der Waals surface area contributed by atoms with Crippen molar-refractivity contribution < 1.29 is 17.7 Å². The summed E-state index contributed by atoms with van der Waals surface area (Å²) in [5.41, 5.74) is 1.06. The second-order valence-corrected chi connectivity index (χ2v) is 11.2. The van der Waals surface area contributed by atoms with Crippen LogP contribution in [0.15, 0.2) is 0 Å². The summed E-state index contributed by atoms with van der Waals surface area (Å²) in [7, 11) is 6.24. The molecule has 0 aliphatic heterocycles. The molecule has 122 valence electrons. The predicted molar refractivity (Wildman–Crippen MR) is 87.9 cm³/mol. The second kappa shape index (κ2) is 11.8. The summed E-state index contributed by atoms with van der Waals surface area (Å²) < 4.78 is 21.7. The predicted octanol–water partition coefficient (Wildman–Crippen LogP) is 1.51. The Hall–Kier alpha value is 0.234. The maximum Gasteiger partial charge on any atom is 0.323 e. The van der Waals surface area contributed by atoms with E-state index in [-0.39, 0.29) is 0 Å². The Morgan fingerprint density at radius 2 is 1.05 bits per heavy atom. The minimum atomic E-state index is -1.47. The second-order valence-electron chi connectivity index (χ2n) is 5.51. The molecule has 2 unspecified atom stereocenters. The van der Waals surface area contributed by atoms with Gasteiger partial charge in [-0.05, 0) is 44.1 Å². The average Bonchev–Trinajstić information content (AvgIpc) is 2.45. The van der Waals surface area contributed by atoms with Crippen LogP contribution in [0, 0.1) is 0 Å². The van der Waals surface area contributed by atoms with E-state index < -0.39 is 18.6 Å². The first-order chi connectivity index (χ1) is 9.49. The fourth-order valence-corrected chi connectivity index (χ4v) is 5.44. The first kappa shape index (κ1) is 20.2. The van der Waals surface area contributed by atoms with Gasteiger partial charge in [0.25, 0.3) is 0 Å². The van der Waals surface area contributed by atoms with Crippen LogP contribution in [0.25, 0.3) is 0 Å². The van der Waals surface area contributed by atoms with Crippen molar-refractivity contribution in [2.45, 2.75) is 37.8 Å². The normalized spacial score (nSPS) is 15.3. The standard InChI is InChI=1S/C13H33NO4Si2/c1-12(19(15-4)16-5)8-10-14(3)11-9-13(2)20(17-6)18-7/h12-13,19-20H,8-11H2,1-7H3. The fourth-order valence-electron chi connectivity index (χ4n) is 2.35. The topological polar surface area (TPSA) is 40.2 Å². The molecular formula is C13H33NO4Si2.